The van der Waals surface area contributed by atoms with Crippen LogP contribution in [0.2, 0.25) is 0 Å². The van der Waals surface area contributed by atoms with Crippen molar-refractivity contribution in [3.8, 4) is 5.75 Å². The Kier molecular flexibility index (Phi) is 6.09. The van der Waals surface area contributed by atoms with Gasteiger partial charge in [-0.3, -0.25) is 4.79 Å². The number of methoxy groups -OCH3 is 1. The highest BCUT2D eigenvalue weighted by Crippen LogP contribution is 2.51. The molecule has 1 aliphatic carbocycles. The normalized spacial score (nSPS) is 27.3. The summed E-state index contributed by atoms with van der Waals surface area (Å²) in [6.07, 6.45) is 2.69. The minimum Gasteiger partial charge on any atom is -0.508 e. The maximum atomic E-state index is 13.6. The lowest BCUT2D eigenvalue weighted by Gasteiger charge is -2.56. The van der Waals surface area contributed by atoms with Crippen LogP contribution in [-0.2, 0) is 10.2 Å². The number of carbonyl (C=O) groups excluding carboxylic acids is 1. The molecular formula is C29H34N2O3. The number of likely N-dealkylation sites (tertiary alicyclic amines) is 1. The number of fused-ring (bicyclic) bond motifs is 2. The molecule has 178 valence electrons. The number of hydrogen-bond acceptors (Lipinski definition) is 4. The van der Waals surface area contributed by atoms with Gasteiger partial charge in [-0.1, -0.05) is 42.5 Å². The monoisotopic (exact) mass is 458 g/mol. The predicted octanol–water partition coefficient (Wildman–Crippen LogP) is 4.68. The first kappa shape index (κ1) is 22.9. The van der Waals surface area contributed by atoms with Crippen LogP contribution in [0.4, 0.5) is 0 Å². The van der Waals surface area contributed by atoms with Gasteiger partial charge in [0, 0.05) is 43.6 Å². The van der Waals surface area contributed by atoms with Gasteiger partial charge in [0.25, 0.3) is 5.91 Å². The fraction of sp³-hybridized carbons (Fsp3) is 0.414. The summed E-state index contributed by atoms with van der Waals surface area (Å²) in [6, 6.07) is 21.8. The van der Waals surface area contributed by atoms with Crippen LogP contribution in [0.1, 0.15) is 35.2 Å². The molecule has 5 nitrogen and oxygen atoms in total. The lowest BCUT2D eigenvalue weighted by Crippen LogP contribution is -2.61. The number of aromatic hydroxyl groups is 1. The number of piperidine rings is 1. The summed E-state index contributed by atoms with van der Waals surface area (Å²) < 4.78 is 6.08. The Morgan fingerprint density at radius 1 is 1.09 bits per heavy atom. The number of amides is 1. The Labute approximate surface area is 201 Å². The van der Waals surface area contributed by atoms with E-state index >= 15 is 0 Å². The molecular weight excluding hydrogens is 424 g/mol. The molecule has 4 atom stereocenters. The standard InChI is InChI=1S/C29H34N2O3/c1-30-14-13-29(23-9-6-10-25(32)16-23)18-24(17-27(34-3)26(29)19-30)31(2)28(33)22-12-11-20-7-4-5-8-21(20)15-22/h4-12,15-16,24,26-27,32H,13-14,17-19H2,1-3H3. The van der Waals surface area contributed by atoms with Gasteiger partial charge in [0.1, 0.15) is 5.75 Å². The molecule has 0 spiro atoms. The highest BCUT2D eigenvalue weighted by molar-refractivity contribution is 5.98. The van der Waals surface area contributed by atoms with E-state index in [9.17, 15) is 9.90 Å². The van der Waals surface area contributed by atoms with Gasteiger partial charge in [0.2, 0.25) is 0 Å². The summed E-state index contributed by atoms with van der Waals surface area (Å²) in [5.74, 6) is 0.641. The van der Waals surface area contributed by atoms with E-state index < -0.39 is 0 Å². The molecule has 5 heteroatoms. The first-order valence-electron chi connectivity index (χ1n) is 12.2. The van der Waals surface area contributed by atoms with Crippen LogP contribution < -0.4 is 0 Å². The zero-order valence-corrected chi connectivity index (χ0v) is 20.3. The summed E-state index contributed by atoms with van der Waals surface area (Å²) in [7, 11) is 5.89. The molecule has 1 aliphatic heterocycles. The number of rotatable bonds is 4. The van der Waals surface area contributed by atoms with Crippen molar-refractivity contribution in [2.45, 2.75) is 36.8 Å². The van der Waals surface area contributed by atoms with Crippen LogP contribution in [0.5, 0.6) is 5.75 Å². The number of carbonyl (C=O) groups is 1. The molecule has 3 aromatic carbocycles. The Morgan fingerprint density at radius 3 is 2.65 bits per heavy atom. The van der Waals surface area contributed by atoms with Gasteiger partial charge in [-0.15, -0.1) is 0 Å². The van der Waals surface area contributed by atoms with Crippen LogP contribution in [0.15, 0.2) is 66.7 Å². The highest BCUT2D eigenvalue weighted by Gasteiger charge is 2.53. The maximum Gasteiger partial charge on any atom is 0.253 e. The van der Waals surface area contributed by atoms with Gasteiger partial charge in [-0.2, -0.15) is 0 Å². The quantitative estimate of drug-likeness (QED) is 0.617. The second-order valence-electron chi connectivity index (χ2n) is 10.2. The van der Waals surface area contributed by atoms with E-state index in [1.165, 1.54) is 0 Å². The third kappa shape index (κ3) is 3.97. The second kappa shape index (κ2) is 9.05. The topological polar surface area (TPSA) is 53.0 Å². The minimum absolute atomic E-state index is 0.0377. The molecule has 2 aliphatic rings. The van der Waals surface area contributed by atoms with Crippen LogP contribution in [0, 0.1) is 5.92 Å². The van der Waals surface area contributed by atoms with Gasteiger partial charge < -0.3 is 19.6 Å². The summed E-state index contributed by atoms with van der Waals surface area (Å²) >= 11 is 0. The molecule has 0 aromatic heterocycles. The Bertz CT molecular complexity index is 1190. The number of phenols is 1. The van der Waals surface area contributed by atoms with Gasteiger partial charge in [0.05, 0.1) is 6.10 Å². The second-order valence-corrected chi connectivity index (χ2v) is 10.2. The van der Waals surface area contributed by atoms with Gasteiger partial charge >= 0.3 is 0 Å². The Morgan fingerprint density at radius 2 is 1.88 bits per heavy atom. The summed E-state index contributed by atoms with van der Waals surface area (Å²) in [5, 5.41) is 12.5. The summed E-state index contributed by atoms with van der Waals surface area (Å²) in [4.78, 5) is 17.9. The third-order valence-electron chi connectivity index (χ3n) is 8.30. The fourth-order valence-electron chi connectivity index (χ4n) is 6.38. The molecule has 1 amide bonds. The zero-order valence-electron chi connectivity index (χ0n) is 20.3. The smallest absolute Gasteiger partial charge is 0.253 e. The van der Waals surface area contributed by atoms with E-state index in [4.69, 9.17) is 4.74 Å². The molecule has 1 heterocycles. The first-order chi connectivity index (χ1) is 16.4. The van der Waals surface area contributed by atoms with Crippen LogP contribution in [0.3, 0.4) is 0 Å². The molecule has 5 rings (SSSR count). The molecule has 1 N–H and O–H groups in total. The van der Waals surface area contributed by atoms with E-state index in [0.29, 0.717) is 17.2 Å². The average molecular weight is 459 g/mol. The summed E-state index contributed by atoms with van der Waals surface area (Å²) in [6.45, 7) is 1.93. The molecule has 3 aromatic rings. The molecule has 0 bridgehead atoms. The van der Waals surface area contributed by atoms with Gasteiger partial charge in [0.15, 0.2) is 0 Å². The average Bonchev–Trinajstić information content (AvgIpc) is 2.87. The first-order valence-corrected chi connectivity index (χ1v) is 12.2. The van der Waals surface area contributed by atoms with Crippen molar-refractivity contribution < 1.29 is 14.6 Å². The van der Waals surface area contributed by atoms with E-state index in [1.54, 1.807) is 13.2 Å². The predicted molar refractivity (Wildman–Crippen MR) is 135 cm³/mol. The fourth-order valence-corrected chi connectivity index (χ4v) is 6.38. The minimum atomic E-state index is -0.146. The molecule has 1 saturated heterocycles. The molecule has 0 radical (unpaired) electrons. The zero-order chi connectivity index (χ0) is 23.9. The van der Waals surface area contributed by atoms with Crippen molar-refractivity contribution in [1.29, 1.82) is 0 Å². The summed E-state index contributed by atoms with van der Waals surface area (Å²) in [5.41, 5.74) is 1.73. The molecule has 4 unspecified atom stereocenters. The van der Waals surface area contributed by atoms with Crippen molar-refractivity contribution in [3.05, 3.63) is 77.9 Å². The van der Waals surface area contributed by atoms with Crippen molar-refractivity contribution in [2.24, 2.45) is 5.92 Å². The Balaban J connectivity index is 1.49. The van der Waals surface area contributed by atoms with Crippen molar-refractivity contribution in [3.63, 3.8) is 0 Å². The Hall–Kier alpha value is -2.89. The van der Waals surface area contributed by atoms with E-state index in [1.807, 2.05) is 60.5 Å². The van der Waals surface area contributed by atoms with Gasteiger partial charge in [-0.25, -0.2) is 0 Å². The molecule has 1 saturated carbocycles. The lowest BCUT2D eigenvalue weighted by atomic mass is 9.56. The maximum absolute atomic E-state index is 13.6. The number of nitrogens with zero attached hydrogens (tertiary/aromatic N) is 2. The van der Waals surface area contributed by atoms with Crippen molar-refractivity contribution >= 4 is 16.7 Å². The lowest BCUT2D eigenvalue weighted by molar-refractivity contribution is -0.0751. The number of ether oxygens (including phenoxy) is 1. The molecule has 34 heavy (non-hydrogen) atoms. The SMILES string of the molecule is COC1CC(N(C)C(=O)c2ccc3ccccc3c2)CC2(c3cccc(O)c3)CCN(C)CC12. The van der Waals surface area contributed by atoms with Crippen LogP contribution in [-0.4, -0.2) is 67.3 Å². The van der Waals surface area contributed by atoms with Gasteiger partial charge in [-0.05, 0) is 73.5 Å². The van der Waals surface area contributed by atoms with Crippen LogP contribution >= 0.6 is 0 Å². The number of phenolic OH excluding ortho intramolecular Hbond substituents is 1. The highest BCUT2D eigenvalue weighted by atomic mass is 16.5. The van der Waals surface area contributed by atoms with E-state index in [0.717, 1.165) is 48.7 Å². The third-order valence-corrected chi connectivity index (χ3v) is 8.30. The van der Waals surface area contributed by atoms with Crippen molar-refractivity contribution in [2.75, 3.05) is 34.3 Å². The largest absolute Gasteiger partial charge is 0.508 e. The van der Waals surface area contributed by atoms with E-state index in [-0.39, 0.29) is 23.5 Å². The van der Waals surface area contributed by atoms with E-state index in [2.05, 4.69) is 24.1 Å². The molecule has 2 fully saturated rings. The number of hydrogen-bond donors (Lipinski definition) is 1. The van der Waals surface area contributed by atoms with Crippen molar-refractivity contribution in [1.82, 2.24) is 9.80 Å². The van der Waals surface area contributed by atoms with Crippen LogP contribution in [0.25, 0.3) is 10.8 Å². The number of benzene rings is 3.